The van der Waals surface area contributed by atoms with Gasteiger partial charge in [0.25, 0.3) is 5.91 Å². The van der Waals surface area contributed by atoms with Crippen molar-refractivity contribution in [1.29, 1.82) is 0 Å². The van der Waals surface area contributed by atoms with Crippen LogP contribution in [0.15, 0.2) is 24.3 Å². The third kappa shape index (κ3) is 3.56. The highest BCUT2D eigenvalue weighted by Gasteiger charge is 2.34. The van der Waals surface area contributed by atoms with Crippen molar-refractivity contribution in [2.45, 2.75) is 51.8 Å². The zero-order chi connectivity index (χ0) is 19.7. The molecular formula is C21H29N5O2. The zero-order valence-electron chi connectivity index (χ0n) is 16.9. The second-order valence-corrected chi connectivity index (χ2v) is 7.93. The lowest BCUT2D eigenvalue weighted by Gasteiger charge is -2.38. The Morgan fingerprint density at radius 1 is 1.21 bits per heavy atom. The number of aryl methyl sites for hydroxylation is 1. The molecule has 150 valence electrons. The predicted octanol–water partition coefficient (Wildman–Crippen LogP) is 2.42. The Morgan fingerprint density at radius 2 is 1.96 bits per heavy atom. The molecule has 7 heteroatoms. The number of benzene rings is 1. The van der Waals surface area contributed by atoms with E-state index in [-0.39, 0.29) is 18.1 Å². The Labute approximate surface area is 166 Å². The SMILES string of the molecule is Cc1ccccc1C1CN(C(=O)c2nnn(C3CCNCC3)c2C)C(C)CO1. The molecule has 28 heavy (non-hydrogen) atoms. The molecule has 2 aromatic rings. The zero-order valence-corrected chi connectivity index (χ0v) is 16.9. The van der Waals surface area contributed by atoms with Crippen LogP contribution >= 0.6 is 0 Å². The van der Waals surface area contributed by atoms with Crippen LogP contribution in [0.1, 0.15) is 59.2 Å². The number of rotatable bonds is 3. The van der Waals surface area contributed by atoms with Crippen molar-refractivity contribution in [3.05, 3.63) is 46.8 Å². The fourth-order valence-electron chi connectivity index (χ4n) is 4.25. The molecule has 1 amide bonds. The first-order chi connectivity index (χ1) is 13.6. The minimum absolute atomic E-state index is 0.0104. The Morgan fingerprint density at radius 3 is 2.71 bits per heavy atom. The quantitative estimate of drug-likeness (QED) is 0.881. The highest BCUT2D eigenvalue weighted by atomic mass is 16.5. The van der Waals surface area contributed by atoms with E-state index in [0.29, 0.717) is 24.9 Å². The molecule has 2 saturated heterocycles. The van der Waals surface area contributed by atoms with Crippen LogP contribution in [0.2, 0.25) is 0 Å². The Balaban J connectivity index is 1.55. The molecule has 2 atom stereocenters. The molecule has 7 nitrogen and oxygen atoms in total. The molecule has 0 spiro atoms. The Bertz CT molecular complexity index is 843. The third-order valence-electron chi connectivity index (χ3n) is 6.01. The van der Waals surface area contributed by atoms with Crippen molar-refractivity contribution >= 4 is 5.91 Å². The normalized spacial score (nSPS) is 23.8. The molecule has 4 rings (SSSR count). The summed E-state index contributed by atoms with van der Waals surface area (Å²) in [6.45, 7) is 9.07. The highest BCUT2D eigenvalue weighted by molar-refractivity contribution is 5.93. The summed E-state index contributed by atoms with van der Waals surface area (Å²) in [4.78, 5) is 15.2. The van der Waals surface area contributed by atoms with Crippen molar-refractivity contribution in [3.8, 4) is 0 Å². The number of aromatic nitrogens is 3. The number of hydrogen-bond donors (Lipinski definition) is 1. The maximum absolute atomic E-state index is 13.3. The van der Waals surface area contributed by atoms with Gasteiger partial charge in [0.15, 0.2) is 5.69 Å². The Hall–Kier alpha value is -2.25. The smallest absolute Gasteiger partial charge is 0.276 e. The van der Waals surface area contributed by atoms with Gasteiger partial charge in [-0.2, -0.15) is 0 Å². The van der Waals surface area contributed by atoms with Gasteiger partial charge in [-0.3, -0.25) is 4.79 Å². The van der Waals surface area contributed by atoms with Crippen LogP contribution in [0.5, 0.6) is 0 Å². The lowest BCUT2D eigenvalue weighted by Crippen LogP contribution is -2.48. The number of morpholine rings is 1. The molecule has 2 aliphatic rings. The summed E-state index contributed by atoms with van der Waals surface area (Å²) in [5, 5.41) is 12.0. The predicted molar refractivity (Wildman–Crippen MR) is 106 cm³/mol. The summed E-state index contributed by atoms with van der Waals surface area (Å²) in [5.41, 5.74) is 3.66. The minimum Gasteiger partial charge on any atom is -0.370 e. The van der Waals surface area contributed by atoms with E-state index < -0.39 is 0 Å². The summed E-state index contributed by atoms with van der Waals surface area (Å²) in [6.07, 6.45) is 1.92. The van der Waals surface area contributed by atoms with Crippen LogP contribution < -0.4 is 5.32 Å². The van der Waals surface area contributed by atoms with E-state index in [9.17, 15) is 4.79 Å². The second-order valence-electron chi connectivity index (χ2n) is 7.93. The third-order valence-corrected chi connectivity index (χ3v) is 6.01. The van der Waals surface area contributed by atoms with Gasteiger partial charge in [0.05, 0.1) is 30.9 Å². The molecule has 2 aliphatic heterocycles. The van der Waals surface area contributed by atoms with Gasteiger partial charge in [-0.05, 0) is 57.8 Å². The summed E-state index contributed by atoms with van der Waals surface area (Å²) < 4.78 is 8.00. The fourth-order valence-corrected chi connectivity index (χ4v) is 4.25. The van der Waals surface area contributed by atoms with E-state index in [1.165, 1.54) is 5.56 Å². The van der Waals surface area contributed by atoms with E-state index in [4.69, 9.17) is 4.74 Å². The average Bonchev–Trinajstić information content (AvgIpc) is 3.10. The van der Waals surface area contributed by atoms with Crippen molar-refractivity contribution in [2.24, 2.45) is 0 Å². The summed E-state index contributed by atoms with van der Waals surface area (Å²) in [5.74, 6) is -0.0490. The first kappa shape index (κ1) is 19.1. The maximum atomic E-state index is 13.3. The molecule has 1 N–H and O–H groups in total. The molecule has 2 unspecified atom stereocenters. The van der Waals surface area contributed by atoms with E-state index in [0.717, 1.165) is 37.2 Å². The molecule has 0 radical (unpaired) electrons. The van der Waals surface area contributed by atoms with Crippen molar-refractivity contribution in [1.82, 2.24) is 25.2 Å². The van der Waals surface area contributed by atoms with Crippen molar-refractivity contribution in [3.63, 3.8) is 0 Å². The van der Waals surface area contributed by atoms with Gasteiger partial charge in [0.1, 0.15) is 6.10 Å². The maximum Gasteiger partial charge on any atom is 0.276 e. The number of piperidine rings is 1. The number of amides is 1. The largest absolute Gasteiger partial charge is 0.370 e. The number of nitrogens with one attached hydrogen (secondary N) is 1. The van der Waals surface area contributed by atoms with Gasteiger partial charge in [-0.1, -0.05) is 29.5 Å². The standard InChI is InChI=1S/C21H29N5O2/c1-14-6-4-5-7-18(14)19-12-25(15(2)13-28-19)21(27)20-16(3)26(24-23-20)17-8-10-22-11-9-17/h4-7,15,17,19,22H,8-13H2,1-3H3. The van der Waals surface area contributed by atoms with Crippen molar-refractivity contribution < 1.29 is 9.53 Å². The first-order valence-corrected chi connectivity index (χ1v) is 10.2. The van der Waals surface area contributed by atoms with Gasteiger partial charge in [0.2, 0.25) is 0 Å². The van der Waals surface area contributed by atoms with Crippen LogP contribution in [-0.4, -0.2) is 58.1 Å². The molecule has 3 heterocycles. The Kier molecular flexibility index (Phi) is 5.46. The van der Waals surface area contributed by atoms with Gasteiger partial charge in [0, 0.05) is 0 Å². The monoisotopic (exact) mass is 383 g/mol. The molecule has 1 aromatic carbocycles. The van der Waals surface area contributed by atoms with Crippen LogP contribution in [-0.2, 0) is 4.74 Å². The second kappa shape index (κ2) is 8.01. The summed E-state index contributed by atoms with van der Waals surface area (Å²) in [7, 11) is 0. The van der Waals surface area contributed by atoms with Crippen LogP contribution in [0, 0.1) is 13.8 Å². The van der Waals surface area contributed by atoms with Gasteiger partial charge >= 0.3 is 0 Å². The summed E-state index contributed by atoms with van der Waals surface area (Å²) in [6, 6.07) is 8.53. The topological polar surface area (TPSA) is 72.3 Å². The van der Waals surface area contributed by atoms with E-state index in [2.05, 4.69) is 34.7 Å². The van der Waals surface area contributed by atoms with Crippen LogP contribution in [0.3, 0.4) is 0 Å². The molecule has 0 saturated carbocycles. The van der Waals surface area contributed by atoms with E-state index >= 15 is 0 Å². The molecule has 2 fully saturated rings. The fraction of sp³-hybridized carbons (Fsp3) is 0.571. The van der Waals surface area contributed by atoms with E-state index in [1.807, 2.05) is 35.6 Å². The van der Waals surface area contributed by atoms with Crippen molar-refractivity contribution in [2.75, 3.05) is 26.2 Å². The van der Waals surface area contributed by atoms with Gasteiger partial charge < -0.3 is 15.0 Å². The van der Waals surface area contributed by atoms with Gasteiger partial charge in [-0.25, -0.2) is 4.68 Å². The summed E-state index contributed by atoms with van der Waals surface area (Å²) >= 11 is 0. The lowest BCUT2D eigenvalue weighted by molar-refractivity contribution is -0.0491. The number of hydrogen-bond acceptors (Lipinski definition) is 5. The average molecular weight is 383 g/mol. The molecule has 0 bridgehead atoms. The number of ether oxygens (including phenoxy) is 1. The molecule has 1 aromatic heterocycles. The first-order valence-electron chi connectivity index (χ1n) is 10.2. The number of carbonyl (C=O) groups excluding carboxylic acids is 1. The van der Waals surface area contributed by atoms with E-state index in [1.54, 1.807) is 0 Å². The molecular weight excluding hydrogens is 354 g/mol. The minimum atomic E-state index is -0.110. The van der Waals surface area contributed by atoms with Gasteiger partial charge in [-0.15, -0.1) is 5.10 Å². The lowest BCUT2D eigenvalue weighted by atomic mass is 10.0. The van der Waals surface area contributed by atoms with Crippen LogP contribution in [0.4, 0.5) is 0 Å². The molecule has 0 aliphatic carbocycles. The number of carbonyl (C=O) groups is 1. The number of nitrogens with zero attached hydrogens (tertiary/aromatic N) is 4. The highest BCUT2D eigenvalue weighted by Crippen LogP contribution is 2.29. The van der Waals surface area contributed by atoms with Crippen LogP contribution in [0.25, 0.3) is 0 Å².